The van der Waals surface area contributed by atoms with Gasteiger partial charge in [0.15, 0.2) is 16.7 Å². The molecule has 2 aromatic carbocycles. The lowest BCUT2D eigenvalue weighted by Gasteiger charge is -2.08. The van der Waals surface area contributed by atoms with E-state index < -0.39 is 5.82 Å². The van der Waals surface area contributed by atoms with Crippen molar-refractivity contribution in [3.63, 3.8) is 0 Å². The Morgan fingerprint density at radius 3 is 2.50 bits per heavy atom. The Balaban J connectivity index is 0.00000208. The van der Waals surface area contributed by atoms with Crippen LogP contribution in [0.5, 0.6) is 11.5 Å². The van der Waals surface area contributed by atoms with E-state index in [1.807, 2.05) is 29.6 Å². The molecule has 0 saturated carbocycles. The van der Waals surface area contributed by atoms with Crippen LogP contribution in [0.3, 0.4) is 0 Å². The average Bonchev–Trinajstić information content (AvgIpc) is 3.04. The maximum absolute atomic E-state index is 13.8. The van der Waals surface area contributed by atoms with Crippen LogP contribution in [-0.4, -0.2) is 19.2 Å². The lowest BCUT2D eigenvalue weighted by atomic mass is 10.1. The molecule has 0 bridgehead atoms. The Labute approximate surface area is 154 Å². The molecule has 0 saturated heterocycles. The minimum atomic E-state index is -0.405. The Kier molecular flexibility index (Phi) is 6.16. The van der Waals surface area contributed by atoms with Gasteiger partial charge in [0.2, 0.25) is 0 Å². The molecule has 0 aliphatic heterocycles. The SMILES string of the molecule is Br.COc1ccc(-c2csc(Nc3ccccc3OC)n2)cc1F. The predicted molar refractivity (Wildman–Crippen MR) is 101 cm³/mol. The van der Waals surface area contributed by atoms with Crippen LogP contribution in [0.25, 0.3) is 11.3 Å². The van der Waals surface area contributed by atoms with Gasteiger partial charge in [-0.2, -0.15) is 0 Å². The van der Waals surface area contributed by atoms with E-state index in [9.17, 15) is 4.39 Å². The predicted octanol–water partition coefficient (Wildman–Crippen LogP) is 5.29. The van der Waals surface area contributed by atoms with Gasteiger partial charge in [-0.05, 0) is 30.3 Å². The summed E-state index contributed by atoms with van der Waals surface area (Å²) >= 11 is 1.44. The standard InChI is InChI=1S/C17H15FN2O2S.BrH/c1-21-15-8-7-11(9-12(15)18)14-10-23-17(20-14)19-13-5-3-4-6-16(13)22-2;/h3-10H,1-2H3,(H,19,20);1H. The number of hydrogen-bond donors (Lipinski definition) is 1. The monoisotopic (exact) mass is 410 g/mol. The van der Waals surface area contributed by atoms with Gasteiger partial charge in [0, 0.05) is 10.9 Å². The lowest BCUT2D eigenvalue weighted by Crippen LogP contribution is -1.94. The molecule has 0 fully saturated rings. The number of benzene rings is 2. The molecule has 3 rings (SSSR count). The summed E-state index contributed by atoms with van der Waals surface area (Å²) in [6.07, 6.45) is 0. The van der Waals surface area contributed by atoms with Gasteiger partial charge < -0.3 is 14.8 Å². The van der Waals surface area contributed by atoms with Gasteiger partial charge in [-0.15, -0.1) is 28.3 Å². The van der Waals surface area contributed by atoms with Crippen molar-refractivity contribution in [3.8, 4) is 22.8 Å². The molecule has 1 heterocycles. The van der Waals surface area contributed by atoms with Crippen LogP contribution < -0.4 is 14.8 Å². The maximum Gasteiger partial charge on any atom is 0.187 e. The fourth-order valence-corrected chi connectivity index (χ4v) is 2.88. The minimum absolute atomic E-state index is 0. The van der Waals surface area contributed by atoms with Crippen LogP contribution in [-0.2, 0) is 0 Å². The van der Waals surface area contributed by atoms with Crippen molar-refractivity contribution in [2.45, 2.75) is 0 Å². The molecule has 126 valence electrons. The van der Waals surface area contributed by atoms with Gasteiger partial charge in [0.25, 0.3) is 0 Å². The largest absolute Gasteiger partial charge is 0.495 e. The summed E-state index contributed by atoms with van der Waals surface area (Å²) in [5, 5.41) is 5.80. The normalized spacial score (nSPS) is 9.96. The van der Waals surface area contributed by atoms with Crippen molar-refractivity contribution < 1.29 is 13.9 Å². The van der Waals surface area contributed by atoms with Crippen LogP contribution in [0.4, 0.5) is 15.2 Å². The molecule has 0 spiro atoms. The van der Waals surface area contributed by atoms with Crippen LogP contribution in [0.15, 0.2) is 47.8 Å². The quantitative estimate of drug-likeness (QED) is 0.620. The van der Waals surface area contributed by atoms with Crippen molar-refractivity contribution in [2.24, 2.45) is 0 Å². The highest BCUT2D eigenvalue weighted by Gasteiger charge is 2.10. The zero-order valence-corrected chi connectivity index (χ0v) is 15.6. The van der Waals surface area contributed by atoms with Crippen molar-refractivity contribution in [1.29, 1.82) is 0 Å². The summed E-state index contributed by atoms with van der Waals surface area (Å²) < 4.78 is 24.0. The van der Waals surface area contributed by atoms with Crippen molar-refractivity contribution in [2.75, 3.05) is 19.5 Å². The molecule has 4 nitrogen and oxygen atoms in total. The average molecular weight is 411 g/mol. The first kappa shape index (κ1) is 18.2. The van der Waals surface area contributed by atoms with Crippen LogP contribution in [0, 0.1) is 5.82 Å². The number of aromatic nitrogens is 1. The topological polar surface area (TPSA) is 43.4 Å². The zero-order valence-electron chi connectivity index (χ0n) is 13.1. The van der Waals surface area contributed by atoms with Gasteiger partial charge >= 0.3 is 0 Å². The molecule has 3 aromatic rings. The number of ether oxygens (including phenoxy) is 2. The number of hydrogen-bond acceptors (Lipinski definition) is 5. The number of anilines is 2. The van der Waals surface area contributed by atoms with Gasteiger partial charge in [-0.3, -0.25) is 0 Å². The Hall–Kier alpha value is -2.12. The third-order valence-corrected chi connectivity index (χ3v) is 4.06. The van der Waals surface area contributed by atoms with Gasteiger partial charge in [-0.1, -0.05) is 12.1 Å². The third kappa shape index (κ3) is 3.85. The van der Waals surface area contributed by atoms with E-state index in [0.717, 1.165) is 11.4 Å². The molecule has 0 atom stereocenters. The summed E-state index contributed by atoms with van der Waals surface area (Å²) in [6.45, 7) is 0. The molecular weight excluding hydrogens is 395 g/mol. The first-order valence-electron chi connectivity index (χ1n) is 6.90. The van der Waals surface area contributed by atoms with Gasteiger partial charge in [0.05, 0.1) is 25.6 Å². The highest BCUT2D eigenvalue weighted by molar-refractivity contribution is 8.93. The first-order valence-corrected chi connectivity index (χ1v) is 7.78. The van der Waals surface area contributed by atoms with Crippen LogP contribution in [0.1, 0.15) is 0 Å². The fourth-order valence-electron chi connectivity index (χ4n) is 2.15. The smallest absolute Gasteiger partial charge is 0.187 e. The Morgan fingerprint density at radius 2 is 1.79 bits per heavy atom. The first-order chi connectivity index (χ1) is 11.2. The Bertz CT molecular complexity index is 826. The second-order valence-electron chi connectivity index (χ2n) is 4.71. The Morgan fingerprint density at radius 1 is 1.04 bits per heavy atom. The number of para-hydroxylation sites is 2. The van der Waals surface area contributed by atoms with E-state index in [1.54, 1.807) is 19.2 Å². The van der Waals surface area contributed by atoms with E-state index in [-0.39, 0.29) is 22.7 Å². The highest BCUT2D eigenvalue weighted by atomic mass is 79.9. The minimum Gasteiger partial charge on any atom is -0.495 e. The van der Waals surface area contributed by atoms with Crippen molar-refractivity contribution >= 4 is 39.1 Å². The van der Waals surface area contributed by atoms with E-state index in [2.05, 4.69) is 10.3 Å². The lowest BCUT2D eigenvalue weighted by molar-refractivity contribution is 0.386. The molecule has 0 aliphatic carbocycles. The van der Waals surface area contributed by atoms with Crippen molar-refractivity contribution in [1.82, 2.24) is 4.98 Å². The van der Waals surface area contributed by atoms with Crippen LogP contribution in [0.2, 0.25) is 0 Å². The molecule has 0 aliphatic rings. The zero-order chi connectivity index (χ0) is 16.2. The molecule has 0 radical (unpaired) electrons. The summed E-state index contributed by atoms with van der Waals surface area (Å²) in [6, 6.07) is 12.4. The van der Waals surface area contributed by atoms with E-state index in [4.69, 9.17) is 9.47 Å². The van der Waals surface area contributed by atoms with Gasteiger partial charge in [-0.25, -0.2) is 9.37 Å². The molecular formula is C17H16BrFN2O2S. The second kappa shape index (κ2) is 8.12. The number of nitrogens with one attached hydrogen (secondary N) is 1. The number of methoxy groups -OCH3 is 2. The second-order valence-corrected chi connectivity index (χ2v) is 5.57. The highest BCUT2D eigenvalue weighted by Crippen LogP contribution is 2.32. The summed E-state index contributed by atoms with van der Waals surface area (Å²) in [7, 11) is 3.06. The molecule has 1 N–H and O–H groups in total. The third-order valence-electron chi connectivity index (χ3n) is 3.30. The molecule has 24 heavy (non-hydrogen) atoms. The van der Waals surface area contributed by atoms with Crippen molar-refractivity contribution in [3.05, 3.63) is 53.7 Å². The summed E-state index contributed by atoms with van der Waals surface area (Å²) in [5.41, 5.74) is 2.23. The number of nitrogens with zero attached hydrogens (tertiary/aromatic N) is 1. The number of rotatable bonds is 5. The summed E-state index contributed by atoms with van der Waals surface area (Å²) in [4.78, 5) is 4.49. The number of halogens is 2. The molecule has 7 heteroatoms. The van der Waals surface area contributed by atoms with E-state index >= 15 is 0 Å². The van der Waals surface area contributed by atoms with E-state index in [1.165, 1.54) is 24.5 Å². The van der Waals surface area contributed by atoms with Gasteiger partial charge in [0.1, 0.15) is 5.75 Å². The molecule has 0 unspecified atom stereocenters. The summed E-state index contributed by atoms with van der Waals surface area (Å²) in [5.74, 6) is 0.549. The molecule has 0 amide bonds. The van der Waals surface area contributed by atoms with E-state index in [0.29, 0.717) is 16.4 Å². The van der Waals surface area contributed by atoms with Crippen LogP contribution >= 0.6 is 28.3 Å². The molecule has 1 aromatic heterocycles. The maximum atomic E-state index is 13.8. The fraction of sp³-hybridized carbons (Fsp3) is 0.118. The number of thiazole rings is 1.